The number of aliphatic hydroxyl groups is 2. The number of rotatable bonds is 4. The normalized spacial score (nSPS) is 23.4. The van der Waals surface area contributed by atoms with Crippen LogP contribution in [-0.4, -0.2) is 43.6 Å². The molecule has 1 saturated heterocycles. The van der Waals surface area contributed by atoms with Crippen molar-refractivity contribution in [3.8, 4) is 0 Å². The average molecular weight is 333 g/mol. The molecule has 9 heteroatoms. The molecule has 1 aliphatic heterocycles. The maximum absolute atomic E-state index is 11.9. The van der Waals surface area contributed by atoms with E-state index in [2.05, 4.69) is 15.3 Å². The van der Waals surface area contributed by atoms with Crippen LogP contribution in [0, 0.1) is 0 Å². The summed E-state index contributed by atoms with van der Waals surface area (Å²) < 4.78 is 7.01. The van der Waals surface area contributed by atoms with Gasteiger partial charge in [0.05, 0.1) is 30.7 Å². The van der Waals surface area contributed by atoms with E-state index in [4.69, 9.17) is 10.5 Å². The second-order valence-electron chi connectivity index (χ2n) is 5.68. The molecule has 0 aliphatic carbocycles. The van der Waals surface area contributed by atoms with E-state index in [1.54, 1.807) is 25.4 Å². The van der Waals surface area contributed by atoms with Crippen LogP contribution in [-0.2, 0) is 11.8 Å². The van der Waals surface area contributed by atoms with E-state index in [0.29, 0.717) is 29.3 Å². The van der Waals surface area contributed by atoms with Crippen LogP contribution < -0.4 is 16.7 Å². The number of ether oxygens (including phenoxy) is 1. The Morgan fingerprint density at radius 2 is 2.29 bits per heavy atom. The molecule has 3 atom stereocenters. The van der Waals surface area contributed by atoms with Gasteiger partial charge in [-0.25, -0.2) is 9.78 Å². The van der Waals surface area contributed by atoms with Crippen molar-refractivity contribution in [2.24, 2.45) is 7.05 Å². The summed E-state index contributed by atoms with van der Waals surface area (Å²) in [5, 5.41) is 22.2. The molecule has 9 nitrogen and oxygen atoms in total. The minimum Gasteiger partial charge on any atom is -0.394 e. The van der Waals surface area contributed by atoms with Gasteiger partial charge in [0.15, 0.2) is 0 Å². The van der Waals surface area contributed by atoms with Gasteiger partial charge in [0.1, 0.15) is 17.7 Å². The molecule has 128 valence electrons. The van der Waals surface area contributed by atoms with Gasteiger partial charge in [-0.3, -0.25) is 0 Å². The lowest BCUT2D eigenvalue weighted by atomic mass is 10.1. The van der Waals surface area contributed by atoms with Crippen molar-refractivity contribution in [1.29, 1.82) is 0 Å². The maximum atomic E-state index is 11.9. The molecule has 3 rings (SSSR count). The first-order valence-electron chi connectivity index (χ1n) is 7.48. The SMILES string of the molecule is Cn1cc([C@H]2C[C@H](O)[C@@H](CO)O2)c(Nc2ccc(N)nc2)nc1=O. The molecule has 1 fully saturated rings. The Morgan fingerprint density at radius 1 is 1.50 bits per heavy atom. The van der Waals surface area contributed by atoms with E-state index in [1.807, 2.05) is 0 Å². The van der Waals surface area contributed by atoms with Gasteiger partial charge in [-0.2, -0.15) is 4.98 Å². The summed E-state index contributed by atoms with van der Waals surface area (Å²) in [5.74, 6) is 0.700. The zero-order valence-electron chi connectivity index (χ0n) is 13.1. The monoisotopic (exact) mass is 333 g/mol. The van der Waals surface area contributed by atoms with Crippen molar-refractivity contribution in [2.45, 2.75) is 24.7 Å². The molecule has 0 saturated carbocycles. The lowest BCUT2D eigenvalue weighted by Gasteiger charge is -2.17. The largest absolute Gasteiger partial charge is 0.394 e. The third kappa shape index (κ3) is 3.23. The summed E-state index contributed by atoms with van der Waals surface area (Å²) >= 11 is 0. The van der Waals surface area contributed by atoms with E-state index in [9.17, 15) is 15.0 Å². The highest BCUT2D eigenvalue weighted by Gasteiger charge is 2.36. The van der Waals surface area contributed by atoms with Crippen molar-refractivity contribution >= 4 is 17.3 Å². The second kappa shape index (κ2) is 6.56. The molecule has 0 radical (unpaired) electrons. The highest BCUT2D eigenvalue weighted by Crippen LogP contribution is 2.36. The van der Waals surface area contributed by atoms with Crippen LogP contribution in [0.2, 0.25) is 0 Å². The van der Waals surface area contributed by atoms with Crippen molar-refractivity contribution in [1.82, 2.24) is 14.5 Å². The fourth-order valence-corrected chi connectivity index (χ4v) is 2.61. The zero-order valence-corrected chi connectivity index (χ0v) is 13.1. The third-order valence-corrected chi connectivity index (χ3v) is 3.92. The standard InChI is InChI=1S/C15H19N5O4/c1-20-6-9(11-4-10(22)12(7-21)24-11)14(19-15(20)23)18-8-2-3-13(16)17-5-8/h2-3,5-6,10-12,21-22H,4,7H2,1H3,(H2,16,17)(H,18,19,23)/t10-,11+,12+/m0/s1. The molecule has 0 spiro atoms. The number of nitrogens with zero attached hydrogens (tertiary/aromatic N) is 3. The van der Waals surface area contributed by atoms with E-state index in [1.165, 1.54) is 10.8 Å². The summed E-state index contributed by atoms with van der Waals surface area (Å²) in [6.07, 6.45) is 1.53. The molecule has 0 aromatic carbocycles. The summed E-state index contributed by atoms with van der Waals surface area (Å²) in [6, 6.07) is 3.34. The van der Waals surface area contributed by atoms with Crippen LogP contribution >= 0.6 is 0 Å². The Morgan fingerprint density at radius 3 is 2.92 bits per heavy atom. The molecular weight excluding hydrogens is 314 g/mol. The summed E-state index contributed by atoms with van der Waals surface area (Å²) in [6.45, 7) is -0.276. The van der Waals surface area contributed by atoms with Crippen LogP contribution in [0.1, 0.15) is 18.1 Å². The Kier molecular flexibility index (Phi) is 4.47. The third-order valence-electron chi connectivity index (χ3n) is 3.92. The molecule has 24 heavy (non-hydrogen) atoms. The number of anilines is 3. The smallest absolute Gasteiger partial charge is 0.349 e. The van der Waals surface area contributed by atoms with Crippen LogP contribution in [0.5, 0.6) is 0 Å². The Labute approximate surface area is 137 Å². The van der Waals surface area contributed by atoms with Crippen molar-refractivity contribution < 1.29 is 14.9 Å². The topological polar surface area (TPSA) is 136 Å². The molecule has 3 heterocycles. The molecule has 0 unspecified atom stereocenters. The van der Waals surface area contributed by atoms with Gasteiger partial charge in [-0.05, 0) is 12.1 Å². The maximum Gasteiger partial charge on any atom is 0.349 e. The Balaban J connectivity index is 1.95. The van der Waals surface area contributed by atoms with E-state index in [-0.39, 0.29) is 6.61 Å². The second-order valence-corrected chi connectivity index (χ2v) is 5.68. The van der Waals surface area contributed by atoms with Gasteiger partial charge < -0.3 is 30.6 Å². The van der Waals surface area contributed by atoms with Gasteiger partial charge in [0.25, 0.3) is 0 Å². The number of aromatic nitrogens is 3. The van der Waals surface area contributed by atoms with Gasteiger partial charge in [0.2, 0.25) is 0 Å². The number of hydrogen-bond donors (Lipinski definition) is 4. The molecule has 2 aromatic heterocycles. The average Bonchev–Trinajstić information content (AvgIpc) is 2.93. The lowest BCUT2D eigenvalue weighted by molar-refractivity contribution is -0.0226. The highest BCUT2D eigenvalue weighted by atomic mass is 16.5. The number of aryl methyl sites for hydroxylation is 1. The number of aliphatic hydroxyl groups excluding tert-OH is 2. The first kappa shape index (κ1) is 16.4. The number of nitrogen functional groups attached to an aromatic ring is 1. The van der Waals surface area contributed by atoms with Crippen LogP contribution in [0.15, 0.2) is 29.3 Å². The summed E-state index contributed by atoms with van der Waals surface area (Å²) in [4.78, 5) is 19.9. The van der Waals surface area contributed by atoms with Crippen LogP contribution in [0.4, 0.5) is 17.3 Å². The molecule has 5 N–H and O–H groups in total. The minimum atomic E-state index is -0.775. The first-order valence-corrected chi connectivity index (χ1v) is 7.48. The van der Waals surface area contributed by atoms with Gasteiger partial charge in [-0.1, -0.05) is 0 Å². The molecule has 2 aromatic rings. The predicted octanol–water partition coefficient (Wildman–Crippen LogP) is -0.316. The zero-order chi connectivity index (χ0) is 17.3. The van der Waals surface area contributed by atoms with Gasteiger partial charge >= 0.3 is 5.69 Å². The number of nitrogens with two attached hydrogens (primary N) is 1. The fourth-order valence-electron chi connectivity index (χ4n) is 2.61. The highest BCUT2D eigenvalue weighted by molar-refractivity contribution is 5.59. The van der Waals surface area contributed by atoms with Crippen LogP contribution in [0.25, 0.3) is 0 Å². The fraction of sp³-hybridized carbons (Fsp3) is 0.400. The van der Waals surface area contributed by atoms with Gasteiger partial charge in [-0.15, -0.1) is 0 Å². The minimum absolute atomic E-state index is 0.276. The summed E-state index contributed by atoms with van der Waals surface area (Å²) in [7, 11) is 1.59. The Bertz CT molecular complexity index is 776. The van der Waals surface area contributed by atoms with E-state index < -0.39 is 24.0 Å². The predicted molar refractivity (Wildman–Crippen MR) is 86.7 cm³/mol. The van der Waals surface area contributed by atoms with E-state index >= 15 is 0 Å². The summed E-state index contributed by atoms with van der Waals surface area (Å²) in [5.41, 5.74) is 6.36. The van der Waals surface area contributed by atoms with Crippen molar-refractivity contribution in [3.05, 3.63) is 40.6 Å². The van der Waals surface area contributed by atoms with Crippen LogP contribution in [0.3, 0.4) is 0 Å². The quantitative estimate of drug-likeness (QED) is 0.598. The molecule has 0 bridgehead atoms. The van der Waals surface area contributed by atoms with E-state index in [0.717, 1.165) is 0 Å². The number of nitrogens with one attached hydrogen (secondary N) is 1. The number of hydrogen-bond acceptors (Lipinski definition) is 8. The molecular formula is C15H19N5O4. The first-order chi connectivity index (χ1) is 11.5. The van der Waals surface area contributed by atoms with Gasteiger partial charge in [0, 0.05) is 25.2 Å². The Hall–Kier alpha value is -2.49. The lowest BCUT2D eigenvalue weighted by Crippen LogP contribution is -2.24. The number of pyridine rings is 1. The van der Waals surface area contributed by atoms with Crippen molar-refractivity contribution in [2.75, 3.05) is 17.7 Å². The molecule has 0 amide bonds. The molecule has 1 aliphatic rings. The van der Waals surface area contributed by atoms with Crippen molar-refractivity contribution in [3.63, 3.8) is 0 Å².